The fraction of sp³-hybridized carbons (Fsp3) is 0.375. The third kappa shape index (κ3) is 2.43. The van der Waals surface area contributed by atoms with Crippen molar-refractivity contribution < 1.29 is 14.2 Å². The molecule has 25 heavy (non-hydrogen) atoms. The number of alkyl halides is 1. The Morgan fingerprint density at radius 1 is 1.44 bits per heavy atom. The smallest absolute Gasteiger partial charge is 0.222 e. The summed E-state index contributed by atoms with van der Waals surface area (Å²) in [4.78, 5) is 8.60. The van der Waals surface area contributed by atoms with Crippen LogP contribution in [0.1, 0.15) is 13.2 Å². The molecule has 1 aliphatic rings. The van der Waals surface area contributed by atoms with Crippen LogP contribution >= 0.6 is 11.3 Å². The van der Waals surface area contributed by atoms with Crippen molar-refractivity contribution in [3.8, 4) is 11.3 Å². The fourth-order valence-electron chi connectivity index (χ4n) is 3.26. The lowest BCUT2D eigenvalue weighted by atomic mass is 9.96. The van der Waals surface area contributed by atoms with E-state index in [2.05, 4.69) is 9.97 Å². The van der Waals surface area contributed by atoms with Gasteiger partial charge in [-0.25, -0.2) is 9.37 Å². The molecule has 4 unspecified atom stereocenters. The molecule has 4 heterocycles. The second-order valence-corrected chi connectivity index (χ2v) is 7.07. The first-order chi connectivity index (χ1) is 11.9. The second kappa shape index (κ2) is 5.73. The van der Waals surface area contributed by atoms with Crippen molar-refractivity contribution in [2.24, 2.45) is 5.73 Å². The Kier molecular flexibility index (Phi) is 3.76. The van der Waals surface area contributed by atoms with Crippen LogP contribution in [0.25, 0.3) is 22.3 Å². The maximum atomic E-state index is 15.2. The van der Waals surface area contributed by atoms with Gasteiger partial charge in [-0.3, -0.25) is 0 Å². The minimum atomic E-state index is -1.87. The van der Waals surface area contributed by atoms with Gasteiger partial charge >= 0.3 is 0 Å². The number of rotatable bonds is 3. The SMILES string of the molecule is CC1(F)C(N)C(CO)OC1n1ccc2c(-c3ccsc3)nc(N)nc21. The van der Waals surface area contributed by atoms with E-state index < -0.39 is 24.0 Å². The number of aromatic nitrogens is 3. The van der Waals surface area contributed by atoms with Gasteiger partial charge < -0.3 is 25.9 Å². The zero-order valence-electron chi connectivity index (χ0n) is 13.5. The van der Waals surface area contributed by atoms with Crippen LogP contribution < -0.4 is 11.5 Å². The van der Waals surface area contributed by atoms with Crippen molar-refractivity contribution in [1.82, 2.24) is 14.5 Å². The maximum Gasteiger partial charge on any atom is 0.222 e. The lowest BCUT2D eigenvalue weighted by Gasteiger charge is -2.25. The van der Waals surface area contributed by atoms with E-state index in [1.165, 1.54) is 6.92 Å². The zero-order valence-corrected chi connectivity index (χ0v) is 14.3. The summed E-state index contributed by atoms with van der Waals surface area (Å²) < 4.78 is 22.5. The number of fused-ring (bicyclic) bond motifs is 1. The van der Waals surface area contributed by atoms with E-state index >= 15 is 4.39 Å². The minimum absolute atomic E-state index is 0.0928. The Hall–Kier alpha value is -2.07. The van der Waals surface area contributed by atoms with Crippen molar-refractivity contribution >= 4 is 28.3 Å². The Morgan fingerprint density at radius 2 is 2.24 bits per heavy atom. The quantitative estimate of drug-likeness (QED) is 0.653. The molecule has 1 fully saturated rings. The molecule has 3 aromatic heterocycles. The molecule has 4 rings (SSSR count). The van der Waals surface area contributed by atoms with Gasteiger partial charge in [0.05, 0.1) is 18.3 Å². The molecule has 3 aromatic rings. The molecular formula is C16H18FN5O2S. The Bertz CT molecular complexity index is 911. The number of hydrogen-bond donors (Lipinski definition) is 3. The van der Waals surface area contributed by atoms with E-state index in [4.69, 9.17) is 16.2 Å². The number of nitrogens with zero attached hydrogens (tertiary/aromatic N) is 3. The summed E-state index contributed by atoms with van der Waals surface area (Å²) in [6.45, 7) is 1.02. The summed E-state index contributed by atoms with van der Waals surface area (Å²) in [5.74, 6) is 0.0928. The minimum Gasteiger partial charge on any atom is -0.394 e. The lowest BCUT2D eigenvalue weighted by Crippen LogP contribution is -2.47. The van der Waals surface area contributed by atoms with Crippen LogP contribution in [-0.2, 0) is 4.74 Å². The highest BCUT2D eigenvalue weighted by Gasteiger charge is 2.53. The number of anilines is 1. The number of halogens is 1. The highest BCUT2D eigenvalue weighted by atomic mass is 32.1. The summed E-state index contributed by atoms with van der Waals surface area (Å²) >= 11 is 1.55. The molecule has 0 aromatic carbocycles. The summed E-state index contributed by atoms with van der Waals surface area (Å²) in [5, 5.41) is 14.0. The molecule has 0 amide bonds. The van der Waals surface area contributed by atoms with Gasteiger partial charge in [0.1, 0.15) is 11.8 Å². The summed E-state index contributed by atoms with van der Waals surface area (Å²) in [6.07, 6.45) is -0.112. The fourth-order valence-corrected chi connectivity index (χ4v) is 3.90. The molecule has 0 saturated carbocycles. The zero-order chi connectivity index (χ0) is 17.8. The average Bonchev–Trinajstić information content (AvgIpc) is 3.28. The first kappa shape index (κ1) is 16.4. The Balaban J connectivity index is 1.87. The Morgan fingerprint density at radius 3 is 2.88 bits per heavy atom. The standard InChI is InChI=1S/C16H18FN5O2S/c1-16(17)12(18)10(6-23)24-14(16)22-4-2-9-11(8-3-5-25-7-8)20-15(19)21-13(9)22/h2-5,7,10,12,14,23H,6,18H2,1H3,(H2,19,20,21). The predicted octanol–water partition coefficient (Wildman–Crippen LogP) is 1.69. The van der Waals surface area contributed by atoms with E-state index in [-0.39, 0.29) is 12.6 Å². The summed E-state index contributed by atoms with van der Waals surface area (Å²) in [7, 11) is 0. The highest BCUT2D eigenvalue weighted by molar-refractivity contribution is 7.08. The molecule has 0 aliphatic carbocycles. The molecule has 132 valence electrons. The van der Waals surface area contributed by atoms with Crippen LogP contribution in [-0.4, -0.2) is 44.1 Å². The number of aliphatic hydroxyl groups is 1. The molecule has 1 saturated heterocycles. The molecule has 5 N–H and O–H groups in total. The molecule has 1 aliphatic heterocycles. The predicted molar refractivity (Wildman–Crippen MR) is 93.7 cm³/mol. The van der Waals surface area contributed by atoms with Gasteiger partial charge in [-0.05, 0) is 24.4 Å². The maximum absolute atomic E-state index is 15.2. The van der Waals surface area contributed by atoms with Gasteiger partial charge in [-0.15, -0.1) is 0 Å². The molecule has 0 spiro atoms. The third-order valence-corrected chi connectivity index (χ3v) is 5.34. The van der Waals surface area contributed by atoms with E-state index in [1.807, 2.05) is 16.8 Å². The number of ether oxygens (including phenoxy) is 1. The average molecular weight is 363 g/mol. The Labute approximate surface area is 147 Å². The van der Waals surface area contributed by atoms with E-state index in [1.54, 1.807) is 28.2 Å². The number of aliphatic hydroxyl groups excluding tert-OH is 1. The summed E-state index contributed by atoms with van der Waals surface area (Å²) in [6, 6.07) is 2.79. The molecule has 0 radical (unpaired) electrons. The molecule has 4 atom stereocenters. The van der Waals surface area contributed by atoms with Gasteiger partial charge in [-0.2, -0.15) is 16.3 Å². The van der Waals surface area contributed by atoms with Gasteiger partial charge in [0, 0.05) is 22.5 Å². The van der Waals surface area contributed by atoms with Crippen molar-refractivity contribution in [3.63, 3.8) is 0 Å². The van der Waals surface area contributed by atoms with Crippen LogP contribution in [0.15, 0.2) is 29.1 Å². The highest BCUT2D eigenvalue weighted by Crippen LogP contribution is 2.42. The summed E-state index contributed by atoms with van der Waals surface area (Å²) in [5.41, 5.74) is 12.0. The van der Waals surface area contributed by atoms with Crippen LogP contribution in [0.4, 0.5) is 10.3 Å². The van der Waals surface area contributed by atoms with Crippen molar-refractivity contribution in [3.05, 3.63) is 29.1 Å². The molecule has 9 heteroatoms. The lowest BCUT2D eigenvalue weighted by molar-refractivity contribution is -0.0562. The monoisotopic (exact) mass is 363 g/mol. The second-order valence-electron chi connectivity index (χ2n) is 6.29. The van der Waals surface area contributed by atoms with Crippen LogP contribution in [0.5, 0.6) is 0 Å². The number of nitrogen functional groups attached to an aromatic ring is 1. The topological polar surface area (TPSA) is 112 Å². The van der Waals surface area contributed by atoms with Gasteiger partial charge in [-0.1, -0.05) is 0 Å². The molecular weight excluding hydrogens is 345 g/mol. The van der Waals surface area contributed by atoms with Crippen molar-refractivity contribution in [1.29, 1.82) is 0 Å². The van der Waals surface area contributed by atoms with Crippen LogP contribution in [0.3, 0.4) is 0 Å². The van der Waals surface area contributed by atoms with Gasteiger partial charge in [0.25, 0.3) is 0 Å². The first-order valence-corrected chi connectivity index (χ1v) is 8.75. The van der Waals surface area contributed by atoms with E-state index in [0.29, 0.717) is 11.3 Å². The largest absolute Gasteiger partial charge is 0.394 e. The van der Waals surface area contributed by atoms with E-state index in [0.717, 1.165) is 10.9 Å². The van der Waals surface area contributed by atoms with Gasteiger partial charge in [0.15, 0.2) is 11.9 Å². The van der Waals surface area contributed by atoms with Gasteiger partial charge in [0.2, 0.25) is 5.95 Å². The number of hydrogen-bond acceptors (Lipinski definition) is 7. The van der Waals surface area contributed by atoms with E-state index in [9.17, 15) is 5.11 Å². The molecule has 0 bridgehead atoms. The number of thiophene rings is 1. The van der Waals surface area contributed by atoms with Crippen molar-refractivity contribution in [2.45, 2.75) is 31.0 Å². The molecule has 7 nitrogen and oxygen atoms in total. The normalized spacial score (nSPS) is 29.5. The number of nitrogens with two attached hydrogens (primary N) is 2. The van der Waals surface area contributed by atoms with Crippen molar-refractivity contribution in [2.75, 3.05) is 12.3 Å². The van der Waals surface area contributed by atoms with Crippen LogP contribution in [0.2, 0.25) is 0 Å². The first-order valence-electron chi connectivity index (χ1n) is 7.81. The van der Waals surface area contributed by atoms with Crippen LogP contribution in [0, 0.1) is 0 Å². The third-order valence-electron chi connectivity index (χ3n) is 4.66.